The normalized spacial score (nSPS) is 8.82. The first-order valence-electron chi connectivity index (χ1n) is 2.94. The Balaban J connectivity index is 3.15. The molecule has 56 valence electrons. The van der Waals surface area contributed by atoms with Crippen LogP contribution in [0.3, 0.4) is 0 Å². The van der Waals surface area contributed by atoms with Gasteiger partial charge in [-0.25, -0.2) is 4.98 Å². The van der Waals surface area contributed by atoms with Gasteiger partial charge in [0.25, 0.3) is 0 Å². The largest absolute Gasteiger partial charge is 0.495 e. The summed E-state index contributed by atoms with van der Waals surface area (Å²) in [6.45, 7) is 0. The summed E-state index contributed by atoms with van der Waals surface area (Å²) in [6.07, 6.45) is 6.26. The van der Waals surface area contributed by atoms with Gasteiger partial charge < -0.3 is 4.74 Å². The van der Waals surface area contributed by atoms with Crippen LogP contribution in [0.2, 0.25) is 0 Å². The molecule has 0 atom stereocenters. The van der Waals surface area contributed by atoms with Gasteiger partial charge in [0.1, 0.15) is 5.75 Å². The van der Waals surface area contributed by atoms with Crippen molar-refractivity contribution < 1.29 is 9.13 Å². The second-order valence-corrected chi connectivity index (χ2v) is 1.86. The van der Waals surface area contributed by atoms with Gasteiger partial charge in [0.2, 0.25) is 5.95 Å². The van der Waals surface area contributed by atoms with Crippen LogP contribution in [0.15, 0.2) is 12.3 Å². The van der Waals surface area contributed by atoms with E-state index in [1.807, 2.05) is 0 Å². The molecule has 11 heavy (non-hydrogen) atoms. The Hall–Kier alpha value is -1.56. The Morgan fingerprint density at radius 1 is 1.73 bits per heavy atom. The highest BCUT2D eigenvalue weighted by molar-refractivity contribution is 5.35. The Morgan fingerprint density at radius 3 is 3.00 bits per heavy atom. The molecule has 1 heterocycles. The molecule has 0 saturated carbocycles. The molecule has 1 aromatic rings. The average Bonchev–Trinajstić information content (AvgIpc) is 2.05. The first kappa shape index (κ1) is 7.55. The molecule has 0 unspecified atom stereocenters. The third kappa shape index (κ3) is 1.47. The van der Waals surface area contributed by atoms with Gasteiger partial charge in [-0.2, -0.15) is 4.39 Å². The van der Waals surface area contributed by atoms with E-state index >= 15 is 0 Å². The van der Waals surface area contributed by atoms with Gasteiger partial charge in [-0.15, -0.1) is 6.42 Å². The van der Waals surface area contributed by atoms with E-state index in [1.165, 1.54) is 19.4 Å². The zero-order valence-electron chi connectivity index (χ0n) is 5.97. The van der Waals surface area contributed by atoms with E-state index in [0.29, 0.717) is 5.75 Å². The highest BCUT2D eigenvalue weighted by Crippen LogP contribution is 2.11. The molecule has 1 aromatic heterocycles. The number of halogens is 1. The lowest BCUT2D eigenvalue weighted by Crippen LogP contribution is -1.91. The van der Waals surface area contributed by atoms with Crippen molar-refractivity contribution in [3.05, 3.63) is 23.8 Å². The van der Waals surface area contributed by atoms with Crippen LogP contribution in [-0.4, -0.2) is 12.1 Å². The minimum atomic E-state index is -0.645. The van der Waals surface area contributed by atoms with Gasteiger partial charge in [0.05, 0.1) is 18.9 Å². The third-order valence-corrected chi connectivity index (χ3v) is 1.21. The van der Waals surface area contributed by atoms with Crippen molar-refractivity contribution in [3.63, 3.8) is 0 Å². The van der Waals surface area contributed by atoms with E-state index in [2.05, 4.69) is 10.9 Å². The van der Waals surface area contributed by atoms with Crippen molar-refractivity contribution in [1.82, 2.24) is 4.98 Å². The van der Waals surface area contributed by atoms with Crippen molar-refractivity contribution >= 4 is 0 Å². The first-order valence-corrected chi connectivity index (χ1v) is 2.94. The molecule has 0 saturated heterocycles. The van der Waals surface area contributed by atoms with Crippen LogP contribution in [0.5, 0.6) is 5.75 Å². The minimum Gasteiger partial charge on any atom is -0.495 e. The fraction of sp³-hybridized carbons (Fsp3) is 0.125. The van der Waals surface area contributed by atoms with Crippen molar-refractivity contribution in [2.45, 2.75) is 0 Å². The molecule has 0 aliphatic carbocycles. The molecule has 1 rings (SSSR count). The summed E-state index contributed by atoms with van der Waals surface area (Å²) in [4.78, 5) is 3.39. The van der Waals surface area contributed by atoms with Crippen LogP contribution >= 0.6 is 0 Å². The molecular formula is C8H6FNO. The second kappa shape index (κ2) is 3.02. The van der Waals surface area contributed by atoms with E-state index in [9.17, 15) is 4.39 Å². The van der Waals surface area contributed by atoms with Crippen molar-refractivity contribution in [3.8, 4) is 18.1 Å². The van der Waals surface area contributed by atoms with Gasteiger partial charge in [-0.1, -0.05) is 5.92 Å². The summed E-state index contributed by atoms with van der Waals surface area (Å²) >= 11 is 0. The number of aromatic nitrogens is 1. The zero-order chi connectivity index (χ0) is 8.27. The smallest absolute Gasteiger partial charge is 0.228 e. The monoisotopic (exact) mass is 151 g/mol. The maximum atomic E-state index is 12.6. The lowest BCUT2D eigenvalue weighted by atomic mass is 10.3. The number of terminal acetylenes is 1. The number of pyridine rings is 1. The summed E-state index contributed by atoms with van der Waals surface area (Å²) in [6, 6.07) is 1.42. The lowest BCUT2D eigenvalue weighted by molar-refractivity contribution is 0.410. The molecule has 0 fully saturated rings. The van der Waals surface area contributed by atoms with Crippen LogP contribution in [0.1, 0.15) is 5.56 Å². The van der Waals surface area contributed by atoms with Gasteiger partial charge in [0.15, 0.2) is 0 Å². The lowest BCUT2D eigenvalue weighted by Gasteiger charge is -1.98. The predicted molar refractivity (Wildman–Crippen MR) is 38.7 cm³/mol. The Morgan fingerprint density at radius 2 is 2.45 bits per heavy atom. The summed E-state index contributed by atoms with van der Waals surface area (Å²) < 4.78 is 17.4. The van der Waals surface area contributed by atoms with E-state index in [-0.39, 0.29) is 5.56 Å². The molecule has 0 aliphatic heterocycles. The number of ether oxygens (including phenoxy) is 1. The number of hydrogen-bond acceptors (Lipinski definition) is 2. The van der Waals surface area contributed by atoms with Gasteiger partial charge in [0, 0.05) is 6.07 Å². The molecule has 3 heteroatoms. The van der Waals surface area contributed by atoms with E-state index < -0.39 is 5.95 Å². The number of hydrogen-bond donors (Lipinski definition) is 0. The van der Waals surface area contributed by atoms with Crippen LogP contribution in [0.4, 0.5) is 4.39 Å². The molecule has 0 amide bonds. The van der Waals surface area contributed by atoms with Crippen LogP contribution in [0.25, 0.3) is 0 Å². The molecule has 0 aromatic carbocycles. The molecule has 0 radical (unpaired) electrons. The molecular weight excluding hydrogens is 145 g/mol. The Kier molecular flexibility index (Phi) is 2.07. The first-order chi connectivity index (χ1) is 5.27. The fourth-order valence-electron chi connectivity index (χ4n) is 0.642. The van der Waals surface area contributed by atoms with E-state index in [0.717, 1.165) is 0 Å². The van der Waals surface area contributed by atoms with Crippen LogP contribution < -0.4 is 4.74 Å². The number of nitrogens with zero attached hydrogens (tertiary/aromatic N) is 1. The van der Waals surface area contributed by atoms with Crippen LogP contribution in [0, 0.1) is 18.3 Å². The number of methoxy groups -OCH3 is 1. The average molecular weight is 151 g/mol. The second-order valence-electron chi connectivity index (χ2n) is 1.86. The maximum Gasteiger partial charge on any atom is 0.228 e. The molecule has 0 N–H and O–H groups in total. The number of rotatable bonds is 1. The molecule has 2 nitrogen and oxygen atoms in total. The van der Waals surface area contributed by atoms with Gasteiger partial charge in [-0.05, 0) is 0 Å². The van der Waals surface area contributed by atoms with E-state index in [4.69, 9.17) is 11.2 Å². The van der Waals surface area contributed by atoms with Crippen molar-refractivity contribution in [1.29, 1.82) is 0 Å². The van der Waals surface area contributed by atoms with Gasteiger partial charge >= 0.3 is 0 Å². The molecule has 0 bridgehead atoms. The quantitative estimate of drug-likeness (QED) is 0.444. The highest BCUT2D eigenvalue weighted by atomic mass is 19.1. The SMILES string of the molecule is C#Cc1cc(OC)cnc1F. The van der Waals surface area contributed by atoms with Crippen LogP contribution in [-0.2, 0) is 0 Å². The summed E-state index contributed by atoms with van der Waals surface area (Å²) in [5.41, 5.74) is 0.115. The third-order valence-electron chi connectivity index (χ3n) is 1.21. The predicted octanol–water partition coefficient (Wildman–Crippen LogP) is 1.21. The summed E-state index contributed by atoms with van der Waals surface area (Å²) in [5.74, 6) is 1.97. The van der Waals surface area contributed by atoms with Gasteiger partial charge in [-0.3, -0.25) is 0 Å². The molecule has 0 aliphatic rings. The Labute approximate surface area is 64.0 Å². The minimum absolute atomic E-state index is 0.115. The zero-order valence-corrected chi connectivity index (χ0v) is 5.97. The van der Waals surface area contributed by atoms with Crippen molar-refractivity contribution in [2.75, 3.05) is 7.11 Å². The highest BCUT2D eigenvalue weighted by Gasteiger charge is 2.01. The summed E-state index contributed by atoms with van der Waals surface area (Å²) in [7, 11) is 1.47. The molecule has 0 spiro atoms. The fourth-order valence-corrected chi connectivity index (χ4v) is 0.642. The van der Waals surface area contributed by atoms with E-state index in [1.54, 1.807) is 0 Å². The Bertz CT molecular complexity index is 303. The topological polar surface area (TPSA) is 22.1 Å². The van der Waals surface area contributed by atoms with Crippen molar-refractivity contribution in [2.24, 2.45) is 0 Å². The standard InChI is InChI=1S/C8H6FNO/c1-3-6-4-7(11-2)5-10-8(6)9/h1,4-5H,2H3. The maximum absolute atomic E-state index is 12.6. The summed E-state index contributed by atoms with van der Waals surface area (Å²) in [5, 5.41) is 0.